The minimum atomic E-state index is -0.682. The number of methoxy groups -OCH3 is 2. The molecule has 26 heavy (non-hydrogen) atoms. The van der Waals surface area contributed by atoms with Gasteiger partial charge in [0, 0.05) is 11.3 Å². The third kappa shape index (κ3) is 2.82. The molecule has 1 aromatic rings. The normalized spacial score (nSPS) is 18.3. The van der Waals surface area contributed by atoms with Crippen LogP contribution in [0.4, 0.5) is 5.69 Å². The smallest absolute Gasteiger partial charge is 0.355 e. The first-order valence-electron chi connectivity index (χ1n) is 8.02. The molecule has 0 unspecified atom stereocenters. The molecule has 0 atom stereocenters. The molecule has 2 aliphatic rings. The van der Waals surface area contributed by atoms with Gasteiger partial charge in [0.2, 0.25) is 0 Å². The van der Waals surface area contributed by atoms with Gasteiger partial charge in [-0.3, -0.25) is 4.79 Å². The fraction of sp³-hybridized carbons (Fsp3) is 0.389. The van der Waals surface area contributed by atoms with E-state index in [1.807, 2.05) is 19.9 Å². The maximum Gasteiger partial charge on any atom is 0.355 e. The van der Waals surface area contributed by atoms with Gasteiger partial charge in [-0.15, -0.1) is 0 Å². The van der Waals surface area contributed by atoms with Gasteiger partial charge in [-0.1, -0.05) is 6.07 Å². The minimum Gasteiger partial charge on any atom is -0.466 e. The van der Waals surface area contributed by atoms with Gasteiger partial charge in [-0.2, -0.15) is 0 Å². The van der Waals surface area contributed by atoms with Crippen LogP contribution < -0.4 is 10.2 Å². The van der Waals surface area contributed by atoms with Crippen molar-refractivity contribution in [2.24, 2.45) is 0 Å². The van der Waals surface area contributed by atoms with E-state index in [4.69, 9.17) is 14.2 Å². The first-order chi connectivity index (χ1) is 12.3. The van der Waals surface area contributed by atoms with Gasteiger partial charge in [0.25, 0.3) is 5.91 Å². The standard InChI is InChI=1S/C18H20N2O6/c1-18(2)13-6-5-10(7-11(13)15(21)19-18)20-9-26-8-12(16(22)24-3)14(20)17(23)25-4/h5-7H,8-9H2,1-4H3,(H,19,21). The van der Waals surface area contributed by atoms with Crippen LogP contribution >= 0.6 is 0 Å². The lowest BCUT2D eigenvalue weighted by atomic mass is 9.94. The number of carbonyl (C=O) groups is 3. The number of benzene rings is 1. The van der Waals surface area contributed by atoms with E-state index in [1.165, 1.54) is 19.1 Å². The first-order valence-corrected chi connectivity index (χ1v) is 8.02. The van der Waals surface area contributed by atoms with Crippen LogP contribution in [-0.2, 0) is 29.3 Å². The van der Waals surface area contributed by atoms with Crippen molar-refractivity contribution in [2.45, 2.75) is 19.4 Å². The average molecular weight is 360 g/mol. The molecule has 138 valence electrons. The van der Waals surface area contributed by atoms with Crippen LogP contribution in [0.25, 0.3) is 0 Å². The summed E-state index contributed by atoms with van der Waals surface area (Å²) in [6.45, 7) is 3.80. The molecule has 1 aromatic carbocycles. The quantitative estimate of drug-likeness (QED) is 0.806. The molecule has 0 aliphatic carbocycles. The highest BCUT2D eigenvalue weighted by Gasteiger charge is 2.37. The Bertz CT molecular complexity index is 827. The lowest BCUT2D eigenvalue weighted by molar-refractivity contribution is -0.140. The number of fused-ring (bicyclic) bond motifs is 1. The second-order valence-corrected chi connectivity index (χ2v) is 6.52. The summed E-state index contributed by atoms with van der Waals surface area (Å²) in [6.07, 6.45) is 0. The van der Waals surface area contributed by atoms with E-state index in [1.54, 1.807) is 12.1 Å². The third-order valence-corrected chi connectivity index (χ3v) is 4.49. The summed E-state index contributed by atoms with van der Waals surface area (Å²) in [5, 5.41) is 2.90. The van der Waals surface area contributed by atoms with Crippen molar-refractivity contribution in [1.29, 1.82) is 0 Å². The fourth-order valence-electron chi connectivity index (χ4n) is 3.20. The molecule has 2 aliphatic heterocycles. The predicted molar refractivity (Wildman–Crippen MR) is 91.3 cm³/mol. The summed E-state index contributed by atoms with van der Waals surface area (Å²) in [5.41, 5.74) is 1.56. The van der Waals surface area contributed by atoms with Crippen molar-refractivity contribution < 1.29 is 28.6 Å². The second kappa shape index (κ2) is 6.45. The van der Waals surface area contributed by atoms with Crippen molar-refractivity contribution in [3.8, 4) is 0 Å². The van der Waals surface area contributed by atoms with Crippen molar-refractivity contribution in [3.05, 3.63) is 40.6 Å². The third-order valence-electron chi connectivity index (χ3n) is 4.49. The summed E-state index contributed by atoms with van der Waals surface area (Å²) >= 11 is 0. The molecule has 0 saturated carbocycles. The Morgan fingerprint density at radius 1 is 1.19 bits per heavy atom. The molecule has 8 heteroatoms. The van der Waals surface area contributed by atoms with E-state index >= 15 is 0 Å². The number of nitrogens with zero attached hydrogens (tertiary/aromatic N) is 1. The fourth-order valence-corrected chi connectivity index (χ4v) is 3.20. The largest absolute Gasteiger partial charge is 0.466 e. The van der Waals surface area contributed by atoms with Gasteiger partial charge in [-0.25, -0.2) is 9.59 Å². The molecule has 1 amide bonds. The summed E-state index contributed by atoms with van der Waals surface area (Å²) in [6, 6.07) is 5.27. The van der Waals surface area contributed by atoms with E-state index in [0.29, 0.717) is 11.3 Å². The van der Waals surface area contributed by atoms with Crippen LogP contribution in [0, 0.1) is 0 Å². The van der Waals surface area contributed by atoms with E-state index < -0.39 is 17.5 Å². The van der Waals surface area contributed by atoms with Crippen LogP contribution in [-0.4, -0.2) is 45.4 Å². The van der Waals surface area contributed by atoms with Crippen LogP contribution in [0.15, 0.2) is 29.5 Å². The second-order valence-electron chi connectivity index (χ2n) is 6.52. The van der Waals surface area contributed by atoms with Gasteiger partial charge in [0.05, 0.1) is 31.9 Å². The SMILES string of the molecule is COC(=O)C1=C(C(=O)OC)N(c2ccc3c(c2)C(=O)NC3(C)C)COC1. The molecule has 8 nitrogen and oxygen atoms in total. The summed E-state index contributed by atoms with van der Waals surface area (Å²) in [7, 11) is 2.46. The molecule has 3 rings (SSSR count). The maximum atomic E-state index is 12.3. The Kier molecular flexibility index (Phi) is 4.45. The lowest BCUT2D eigenvalue weighted by Crippen LogP contribution is -2.38. The molecule has 0 aromatic heterocycles. The van der Waals surface area contributed by atoms with Gasteiger partial charge >= 0.3 is 11.9 Å². The summed E-state index contributed by atoms with van der Waals surface area (Å²) in [4.78, 5) is 38.1. The van der Waals surface area contributed by atoms with Crippen LogP contribution in [0.3, 0.4) is 0 Å². The van der Waals surface area contributed by atoms with Crippen molar-refractivity contribution in [1.82, 2.24) is 5.32 Å². The Morgan fingerprint density at radius 3 is 2.54 bits per heavy atom. The van der Waals surface area contributed by atoms with Gasteiger partial charge in [0.1, 0.15) is 12.4 Å². The molecule has 0 bridgehead atoms. The number of amides is 1. The zero-order valence-corrected chi connectivity index (χ0v) is 15.0. The van der Waals surface area contributed by atoms with Crippen LogP contribution in [0.5, 0.6) is 0 Å². The highest BCUT2D eigenvalue weighted by atomic mass is 16.5. The zero-order valence-electron chi connectivity index (χ0n) is 15.0. The number of hydrogen-bond acceptors (Lipinski definition) is 7. The van der Waals surface area contributed by atoms with Gasteiger partial charge in [-0.05, 0) is 31.5 Å². The highest BCUT2D eigenvalue weighted by Crippen LogP contribution is 2.35. The molecular weight excluding hydrogens is 340 g/mol. The van der Waals surface area contributed by atoms with Crippen molar-refractivity contribution in [3.63, 3.8) is 0 Å². The molecule has 0 spiro atoms. The van der Waals surface area contributed by atoms with Gasteiger partial charge in [0.15, 0.2) is 0 Å². The van der Waals surface area contributed by atoms with E-state index in [9.17, 15) is 14.4 Å². The van der Waals surface area contributed by atoms with Crippen molar-refractivity contribution in [2.75, 3.05) is 32.5 Å². The Balaban J connectivity index is 2.11. The topological polar surface area (TPSA) is 94.2 Å². The number of ether oxygens (including phenoxy) is 3. The van der Waals surface area contributed by atoms with E-state index in [2.05, 4.69) is 5.32 Å². The Labute approximate surface area is 150 Å². The van der Waals surface area contributed by atoms with E-state index in [-0.39, 0.29) is 30.5 Å². The van der Waals surface area contributed by atoms with Crippen molar-refractivity contribution >= 4 is 23.5 Å². The zero-order chi connectivity index (χ0) is 19.1. The maximum absolute atomic E-state index is 12.3. The number of nitrogens with one attached hydrogen (secondary N) is 1. The highest BCUT2D eigenvalue weighted by molar-refractivity contribution is 6.04. The van der Waals surface area contributed by atoms with E-state index in [0.717, 1.165) is 5.56 Å². The predicted octanol–water partition coefficient (Wildman–Crippen LogP) is 1.06. The number of rotatable bonds is 3. The number of anilines is 1. The average Bonchev–Trinajstić information content (AvgIpc) is 2.88. The number of carbonyl (C=O) groups excluding carboxylic acids is 3. The van der Waals surface area contributed by atoms with Crippen LogP contribution in [0.1, 0.15) is 29.8 Å². The molecule has 0 radical (unpaired) electrons. The van der Waals surface area contributed by atoms with Gasteiger partial charge < -0.3 is 24.4 Å². The summed E-state index contributed by atoms with van der Waals surface area (Å²) < 4.78 is 15.0. The monoisotopic (exact) mass is 360 g/mol. The number of hydrogen-bond donors (Lipinski definition) is 1. The summed E-state index contributed by atoms with van der Waals surface area (Å²) in [5.74, 6) is -1.55. The molecule has 1 N–H and O–H groups in total. The molecule has 0 saturated heterocycles. The first kappa shape index (κ1) is 17.9. The number of esters is 2. The lowest BCUT2D eigenvalue weighted by Gasteiger charge is -2.31. The van der Waals surface area contributed by atoms with Crippen LogP contribution in [0.2, 0.25) is 0 Å². The Morgan fingerprint density at radius 2 is 1.88 bits per heavy atom. The molecule has 0 fully saturated rings. The Hall–Kier alpha value is -2.87. The molecular formula is C18H20N2O6. The minimum absolute atomic E-state index is 0.0364. The molecule has 2 heterocycles.